The lowest BCUT2D eigenvalue weighted by atomic mass is 10.1. The molecular formula is C11H9F3N2O. The van der Waals surface area contributed by atoms with Crippen molar-refractivity contribution >= 4 is 6.01 Å². The van der Waals surface area contributed by atoms with Crippen LogP contribution in [0.3, 0.4) is 0 Å². The second-order valence-electron chi connectivity index (χ2n) is 3.53. The molecule has 0 fully saturated rings. The van der Waals surface area contributed by atoms with E-state index < -0.39 is 11.7 Å². The second-order valence-corrected chi connectivity index (χ2v) is 3.53. The van der Waals surface area contributed by atoms with Gasteiger partial charge in [-0.05, 0) is 19.1 Å². The van der Waals surface area contributed by atoms with Crippen molar-refractivity contribution in [2.45, 2.75) is 13.1 Å². The monoisotopic (exact) mass is 242 g/mol. The number of nitrogens with zero attached hydrogens (tertiary/aromatic N) is 1. The number of hydrogen-bond donors (Lipinski definition) is 1. The topological polar surface area (TPSA) is 52.0 Å². The van der Waals surface area contributed by atoms with Gasteiger partial charge in [0.25, 0.3) is 6.01 Å². The van der Waals surface area contributed by atoms with Crippen molar-refractivity contribution in [3.63, 3.8) is 0 Å². The van der Waals surface area contributed by atoms with E-state index in [1.807, 2.05) is 0 Å². The fourth-order valence-corrected chi connectivity index (χ4v) is 1.50. The Morgan fingerprint density at radius 2 is 1.76 bits per heavy atom. The molecule has 1 heterocycles. The molecule has 0 aliphatic heterocycles. The molecule has 0 atom stereocenters. The fourth-order valence-electron chi connectivity index (χ4n) is 1.50. The lowest BCUT2D eigenvalue weighted by Gasteiger charge is -2.06. The van der Waals surface area contributed by atoms with E-state index in [2.05, 4.69) is 4.98 Å². The van der Waals surface area contributed by atoms with Crippen molar-refractivity contribution in [2.24, 2.45) is 0 Å². The van der Waals surface area contributed by atoms with E-state index in [9.17, 15) is 13.2 Å². The third kappa shape index (κ3) is 2.25. The van der Waals surface area contributed by atoms with Crippen LogP contribution in [0.15, 0.2) is 28.7 Å². The zero-order chi connectivity index (χ0) is 12.6. The highest BCUT2D eigenvalue weighted by molar-refractivity contribution is 5.62. The largest absolute Gasteiger partial charge is 0.429 e. The average Bonchev–Trinajstić information content (AvgIpc) is 2.57. The van der Waals surface area contributed by atoms with Crippen molar-refractivity contribution in [1.82, 2.24) is 4.98 Å². The van der Waals surface area contributed by atoms with Gasteiger partial charge >= 0.3 is 6.18 Å². The molecule has 6 heteroatoms. The van der Waals surface area contributed by atoms with Gasteiger partial charge in [0.1, 0.15) is 11.5 Å². The molecule has 90 valence electrons. The lowest BCUT2D eigenvalue weighted by Crippen LogP contribution is -2.04. The highest BCUT2D eigenvalue weighted by atomic mass is 19.4. The average molecular weight is 242 g/mol. The van der Waals surface area contributed by atoms with Gasteiger partial charge in [0.2, 0.25) is 0 Å². The number of alkyl halides is 3. The molecule has 0 unspecified atom stereocenters. The number of nitrogen functional groups attached to an aromatic ring is 1. The van der Waals surface area contributed by atoms with E-state index in [0.717, 1.165) is 12.1 Å². The molecule has 17 heavy (non-hydrogen) atoms. The van der Waals surface area contributed by atoms with E-state index in [0.29, 0.717) is 17.0 Å². The van der Waals surface area contributed by atoms with Crippen LogP contribution in [-0.2, 0) is 6.18 Å². The van der Waals surface area contributed by atoms with E-state index in [-0.39, 0.29) is 6.01 Å². The number of benzene rings is 1. The van der Waals surface area contributed by atoms with Crippen LogP contribution < -0.4 is 5.73 Å². The van der Waals surface area contributed by atoms with Crippen LogP contribution in [0.1, 0.15) is 11.3 Å². The van der Waals surface area contributed by atoms with E-state index in [4.69, 9.17) is 10.2 Å². The number of oxazole rings is 1. The molecule has 3 nitrogen and oxygen atoms in total. The van der Waals surface area contributed by atoms with Crippen molar-refractivity contribution in [3.8, 4) is 11.3 Å². The van der Waals surface area contributed by atoms with E-state index in [1.165, 1.54) is 12.1 Å². The van der Waals surface area contributed by atoms with Gasteiger partial charge in [-0.2, -0.15) is 18.2 Å². The van der Waals surface area contributed by atoms with E-state index >= 15 is 0 Å². The zero-order valence-electron chi connectivity index (χ0n) is 8.88. The molecule has 2 rings (SSSR count). The first-order valence-corrected chi connectivity index (χ1v) is 4.78. The Kier molecular flexibility index (Phi) is 2.57. The predicted molar refractivity (Wildman–Crippen MR) is 56.1 cm³/mol. The molecule has 0 saturated carbocycles. The van der Waals surface area contributed by atoms with Crippen molar-refractivity contribution < 1.29 is 17.6 Å². The molecule has 0 saturated heterocycles. The highest BCUT2D eigenvalue weighted by Gasteiger charge is 2.30. The third-order valence-electron chi connectivity index (χ3n) is 2.30. The number of rotatable bonds is 1. The molecule has 0 bridgehead atoms. The summed E-state index contributed by atoms with van der Waals surface area (Å²) in [5.41, 5.74) is 5.65. The molecule has 0 aliphatic carbocycles. The Morgan fingerprint density at radius 1 is 1.18 bits per heavy atom. The van der Waals surface area contributed by atoms with Crippen LogP contribution in [0.2, 0.25) is 0 Å². The number of halogens is 3. The number of aromatic nitrogens is 1. The van der Waals surface area contributed by atoms with Gasteiger partial charge in [-0.25, -0.2) is 0 Å². The quantitative estimate of drug-likeness (QED) is 0.835. The number of anilines is 1. The first-order valence-electron chi connectivity index (χ1n) is 4.78. The smallest absolute Gasteiger partial charge is 0.416 e. The summed E-state index contributed by atoms with van der Waals surface area (Å²) < 4.78 is 42.1. The maximum atomic E-state index is 12.4. The van der Waals surface area contributed by atoms with Crippen molar-refractivity contribution in [1.29, 1.82) is 0 Å². The molecule has 0 spiro atoms. The first-order chi connectivity index (χ1) is 7.88. The van der Waals surface area contributed by atoms with Gasteiger partial charge in [0.05, 0.1) is 5.56 Å². The summed E-state index contributed by atoms with van der Waals surface area (Å²) in [6.45, 7) is 1.65. The van der Waals surface area contributed by atoms with Crippen LogP contribution in [0.25, 0.3) is 11.3 Å². The standard InChI is InChI=1S/C11H9F3N2O/c1-6-9(16-10(15)17-6)7-2-4-8(5-3-7)11(12,13)14/h2-5H,1H3,(H2,15,16). The summed E-state index contributed by atoms with van der Waals surface area (Å²) in [5.74, 6) is 0.474. The SMILES string of the molecule is Cc1oc(N)nc1-c1ccc(C(F)(F)F)cc1. The Hall–Kier alpha value is -1.98. The van der Waals surface area contributed by atoms with Crippen molar-refractivity contribution in [3.05, 3.63) is 35.6 Å². The van der Waals surface area contributed by atoms with Gasteiger partial charge in [0.15, 0.2) is 0 Å². The van der Waals surface area contributed by atoms with Crippen LogP contribution in [0.4, 0.5) is 19.2 Å². The summed E-state index contributed by atoms with van der Waals surface area (Å²) in [6, 6.07) is 4.68. The Labute approximate surface area is 95.1 Å². The molecule has 1 aromatic carbocycles. The molecule has 0 aliphatic rings. The Balaban J connectivity index is 2.39. The lowest BCUT2D eigenvalue weighted by molar-refractivity contribution is -0.137. The molecule has 1 aromatic heterocycles. The molecular weight excluding hydrogens is 233 g/mol. The summed E-state index contributed by atoms with van der Waals surface area (Å²) in [7, 11) is 0. The zero-order valence-corrected chi connectivity index (χ0v) is 8.88. The van der Waals surface area contributed by atoms with Gasteiger partial charge < -0.3 is 10.2 Å². The second kappa shape index (κ2) is 3.80. The third-order valence-corrected chi connectivity index (χ3v) is 2.30. The minimum absolute atomic E-state index is 0.00241. The number of nitrogens with two attached hydrogens (primary N) is 1. The van der Waals surface area contributed by atoms with Gasteiger partial charge in [-0.15, -0.1) is 0 Å². The van der Waals surface area contributed by atoms with Gasteiger partial charge in [0, 0.05) is 5.56 Å². The molecule has 0 radical (unpaired) electrons. The molecule has 0 amide bonds. The predicted octanol–water partition coefficient (Wildman–Crippen LogP) is 3.25. The molecule has 2 aromatic rings. The summed E-state index contributed by atoms with van der Waals surface area (Å²) >= 11 is 0. The number of aryl methyl sites for hydroxylation is 1. The van der Waals surface area contributed by atoms with Gasteiger partial charge in [-0.3, -0.25) is 0 Å². The summed E-state index contributed by atoms with van der Waals surface area (Å²) in [5, 5.41) is 0. The maximum Gasteiger partial charge on any atom is 0.416 e. The van der Waals surface area contributed by atoms with Gasteiger partial charge in [-0.1, -0.05) is 12.1 Å². The van der Waals surface area contributed by atoms with Crippen LogP contribution in [-0.4, -0.2) is 4.98 Å². The normalized spacial score (nSPS) is 11.8. The first kappa shape index (κ1) is 11.5. The summed E-state index contributed by atoms with van der Waals surface area (Å²) in [6.07, 6.45) is -4.34. The summed E-state index contributed by atoms with van der Waals surface area (Å²) in [4.78, 5) is 3.90. The Morgan fingerprint density at radius 3 is 2.18 bits per heavy atom. The Bertz CT molecular complexity index is 529. The minimum atomic E-state index is -4.34. The number of hydrogen-bond acceptors (Lipinski definition) is 3. The molecule has 2 N–H and O–H groups in total. The van der Waals surface area contributed by atoms with Crippen LogP contribution in [0, 0.1) is 6.92 Å². The van der Waals surface area contributed by atoms with Crippen molar-refractivity contribution in [2.75, 3.05) is 5.73 Å². The van der Waals surface area contributed by atoms with Crippen LogP contribution >= 0.6 is 0 Å². The maximum absolute atomic E-state index is 12.4. The minimum Gasteiger partial charge on any atom is -0.429 e. The van der Waals surface area contributed by atoms with E-state index in [1.54, 1.807) is 6.92 Å². The fraction of sp³-hybridized carbons (Fsp3) is 0.182. The van der Waals surface area contributed by atoms with Crippen LogP contribution in [0.5, 0.6) is 0 Å². The highest BCUT2D eigenvalue weighted by Crippen LogP contribution is 2.31.